The highest BCUT2D eigenvalue weighted by atomic mass is 35.5. The number of para-hydroxylation sites is 1. The second kappa shape index (κ2) is 5.49. The van der Waals surface area contributed by atoms with Gasteiger partial charge in [0.25, 0.3) is 0 Å². The van der Waals surface area contributed by atoms with E-state index < -0.39 is 0 Å². The second-order valence-corrected chi connectivity index (χ2v) is 4.84. The van der Waals surface area contributed by atoms with Crippen LogP contribution in [-0.4, -0.2) is 4.98 Å². The molecule has 0 spiro atoms. The minimum Gasteiger partial charge on any atom is -0.439 e. The summed E-state index contributed by atoms with van der Waals surface area (Å²) in [4.78, 5) is 4.53. The molecule has 0 saturated carbocycles. The van der Waals surface area contributed by atoms with Gasteiger partial charge in [0.15, 0.2) is 0 Å². The van der Waals surface area contributed by atoms with Crippen LogP contribution in [0.25, 0.3) is 10.9 Å². The molecule has 0 unspecified atom stereocenters. The molecular formula is C16H13ClN2O. The summed E-state index contributed by atoms with van der Waals surface area (Å²) in [6.07, 6.45) is 0. The summed E-state index contributed by atoms with van der Waals surface area (Å²) in [5, 5.41) is 1.72. The Hall–Kier alpha value is -2.10. The lowest BCUT2D eigenvalue weighted by Crippen LogP contribution is -2.01. The number of aromatic nitrogens is 1. The van der Waals surface area contributed by atoms with E-state index in [1.54, 1.807) is 24.3 Å². The third-order valence-corrected chi connectivity index (χ3v) is 3.26. The number of rotatable bonds is 3. The van der Waals surface area contributed by atoms with E-state index in [1.165, 1.54) is 0 Å². The van der Waals surface area contributed by atoms with Gasteiger partial charge in [0.2, 0.25) is 5.88 Å². The Kier molecular flexibility index (Phi) is 3.54. The van der Waals surface area contributed by atoms with Gasteiger partial charge in [-0.1, -0.05) is 29.8 Å². The molecule has 3 rings (SSSR count). The first-order chi connectivity index (χ1) is 9.76. The monoisotopic (exact) mass is 284 g/mol. The van der Waals surface area contributed by atoms with Crippen LogP contribution >= 0.6 is 11.6 Å². The predicted molar refractivity (Wildman–Crippen MR) is 81.2 cm³/mol. The maximum absolute atomic E-state index is 5.86. The molecule has 4 heteroatoms. The van der Waals surface area contributed by atoms with Crippen molar-refractivity contribution in [3.05, 3.63) is 65.2 Å². The topological polar surface area (TPSA) is 48.1 Å². The van der Waals surface area contributed by atoms with Gasteiger partial charge >= 0.3 is 0 Å². The maximum Gasteiger partial charge on any atom is 0.224 e. The number of nitrogens with two attached hydrogens (primary N) is 1. The lowest BCUT2D eigenvalue weighted by Gasteiger charge is -2.10. The number of pyridine rings is 1. The minimum atomic E-state index is 0.376. The molecule has 0 amide bonds. The van der Waals surface area contributed by atoms with Crippen molar-refractivity contribution in [1.82, 2.24) is 4.98 Å². The first-order valence-corrected chi connectivity index (χ1v) is 6.66. The second-order valence-electron chi connectivity index (χ2n) is 4.41. The van der Waals surface area contributed by atoms with Crippen LogP contribution in [0.2, 0.25) is 5.02 Å². The molecule has 3 aromatic rings. The fourth-order valence-corrected chi connectivity index (χ4v) is 2.12. The van der Waals surface area contributed by atoms with E-state index in [-0.39, 0.29) is 0 Å². The van der Waals surface area contributed by atoms with Gasteiger partial charge in [0.05, 0.1) is 5.52 Å². The molecule has 0 saturated heterocycles. The van der Waals surface area contributed by atoms with E-state index >= 15 is 0 Å². The van der Waals surface area contributed by atoms with Crippen LogP contribution < -0.4 is 10.5 Å². The molecule has 0 atom stereocenters. The third kappa shape index (κ3) is 2.59. The minimum absolute atomic E-state index is 0.376. The average Bonchev–Trinajstić information content (AvgIpc) is 2.49. The van der Waals surface area contributed by atoms with Crippen molar-refractivity contribution in [2.45, 2.75) is 6.54 Å². The Labute approximate surface area is 122 Å². The zero-order valence-electron chi connectivity index (χ0n) is 10.7. The fraction of sp³-hybridized carbons (Fsp3) is 0.0625. The van der Waals surface area contributed by atoms with Crippen molar-refractivity contribution in [2.75, 3.05) is 0 Å². The SMILES string of the molecule is NCc1cc2ccccc2nc1Oc1ccc(Cl)cc1. The molecule has 2 aromatic carbocycles. The van der Waals surface area contributed by atoms with E-state index in [9.17, 15) is 0 Å². The van der Waals surface area contributed by atoms with Crippen molar-refractivity contribution in [1.29, 1.82) is 0 Å². The van der Waals surface area contributed by atoms with Crippen LogP contribution in [0.1, 0.15) is 5.56 Å². The molecule has 0 aliphatic rings. The Morgan fingerprint density at radius 1 is 1.05 bits per heavy atom. The number of hydrogen-bond acceptors (Lipinski definition) is 3. The van der Waals surface area contributed by atoms with E-state index in [1.807, 2.05) is 30.3 Å². The summed E-state index contributed by atoms with van der Waals surface area (Å²) in [5.74, 6) is 1.22. The van der Waals surface area contributed by atoms with Crippen LogP contribution in [0.3, 0.4) is 0 Å². The van der Waals surface area contributed by atoms with Crippen molar-refractivity contribution >= 4 is 22.5 Å². The Bertz CT molecular complexity index is 741. The number of hydrogen-bond donors (Lipinski definition) is 1. The maximum atomic E-state index is 5.86. The molecule has 0 radical (unpaired) electrons. The van der Waals surface area contributed by atoms with Crippen molar-refractivity contribution in [2.24, 2.45) is 5.73 Å². The lowest BCUT2D eigenvalue weighted by atomic mass is 10.1. The summed E-state index contributed by atoms with van der Waals surface area (Å²) < 4.78 is 5.81. The largest absolute Gasteiger partial charge is 0.439 e. The molecular weight excluding hydrogens is 272 g/mol. The molecule has 1 heterocycles. The van der Waals surface area contributed by atoms with Crippen molar-refractivity contribution in [3.8, 4) is 11.6 Å². The lowest BCUT2D eigenvalue weighted by molar-refractivity contribution is 0.458. The molecule has 0 bridgehead atoms. The van der Waals surface area contributed by atoms with Crippen molar-refractivity contribution in [3.63, 3.8) is 0 Å². The number of ether oxygens (including phenoxy) is 1. The highest BCUT2D eigenvalue weighted by molar-refractivity contribution is 6.30. The number of benzene rings is 2. The molecule has 0 aliphatic carbocycles. The standard InChI is InChI=1S/C16H13ClN2O/c17-13-5-7-14(8-6-13)20-16-12(10-18)9-11-3-1-2-4-15(11)19-16/h1-9H,10,18H2. The quantitative estimate of drug-likeness (QED) is 0.786. The van der Waals surface area contributed by atoms with E-state index in [4.69, 9.17) is 22.1 Å². The number of halogens is 1. The summed E-state index contributed by atoms with van der Waals surface area (Å²) in [6.45, 7) is 0.376. The molecule has 100 valence electrons. The number of fused-ring (bicyclic) bond motifs is 1. The summed E-state index contributed by atoms with van der Waals surface area (Å²) in [7, 11) is 0. The highest BCUT2D eigenvalue weighted by Gasteiger charge is 2.08. The molecule has 20 heavy (non-hydrogen) atoms. The summed E-state index contributed by atoms with van der Waals surface area (Å²) in [5.41, 5.74) is 7.54. The van der Waals surface area contributed by atoms with Gasteiger partial charge in [-0.15, -0.1) is 0 Å². The highest BCUT2D eigenvalue weighted by Crippen LogP contribution is 2.27. The van der Waals surface area contributed by atoms with Gasteiger partial charge in [-0.3, -0.25) is 0 Å². The smallest absolute Gasteiger partial charge is 0.224 e. The summed E-state index contributed by atoms with van der Waals surface area (Å²) in [6, 6.07) is 17.1. The van der Waals surface area contributed by atoms with Crippen LogP contribution in [0.5, 0.6) is 11.6 Å². The van der Waals surface area contributed by atoms with Crippen LogP contribution in [0.15, 0.2) is 54.6 Å². The van der Waals surface area contributed by atoms with Crippen LogP contribution in [-0.2, 0) is 6.54 Å². The fourth-order valence-electron chi connectivity index (χ4n) is 1.99. The third-order valence-electron chi connectivity index (χ3n) is 3.01. The number of nitrogens with zero attached hydrogens (tertiary/aromatic N) is 1. The normalized spacial score (nSPS) is 10.7. The van der Waals surface area contributed by atoms with Gasteiger partial charge in [-0.25, -0.2) is 4.98 Å². The van der Waals surface area contributed by atoms with Gasteiger partial charge < -0.3 is 10.5 Å². The average molecular weight is 285 g/mol. The molecule has 0 aliphatic heterocycles. The van der Waals surface area contributed by atoms with E-state index in [0.717, 1.165) is 16.5 Å². The van der Waals surface area contributed by atoms with Gasteiger partial charge in [0, 0.05) is 22.5 Å². The van der Waals surface area contributed by atoms with Gasteiger partial charge in [-0.2, -0.15) is 0 Å². The first kappa shape index (κ1) is 12.9. The van der Waals surface area contributed by atoms with Gasteiger partial charge in [0.1, 0.15) is 5.75 Å². The van der Waals surface area contributed by atoms with Crippen molar-refractivity contribution < 1.29 is 4.74 Å². The first-order valence-electron chi connectivity index (χ1n) is 6.28. The molecule has 2 N–H and O–H groups in total. The summed E-state index contributed by atoms with van der Waals surface area (Å²) >= 11 is 5.86. The molecule has 3 nitrogen and oxygen atoms in total. The Morgan fingerprint density at radius 2 is 1.80 bits per heavy atom. The molecule has 1 aromatic heterocycles. The molecule has 0 fully saturated rings. The zero-order chi connectivity index (χ0) is 13.9. The predicted octanol–water partition coefficient (Wildman–Crippen LogP) is 4.14. The van der Waals surface area contributed by atoms with Gasteiger partial charge in [-0.05, 0) is 36.4 Å². The Balaban J connectivity index is 2.03. The van der Waals surface area contributed by atoms with E-state index in [2.05, 4.69) is 4.98 Å². The van der Waals surface area contributed by atoms with E-state index in [0.29, 0.717) is 23.2 Å². The Morgan fingerprint density at radius 3 is 2.55 bits per heavy atom. The van der Waals surface area contributed by atoms with Crippen LogP contribution in [0.4, 0.5) is 0 Å². The zero-order valence-corrected chi connectivity index (χ0v) is 11.5. The van der Waals surface area contributed by atoms with Crippen LogP contribution in [0, 0.1) is 0 Å².